The molecule has 1 rings (SSSR count). The molecule has 15 heavy (non-hydrogen) atoms. The Bertz CT molecular complexity index is 213. The van der Waals surface area contributed by atoms with Gasteiger partial charge in [-0.25, -0.2) is 0 Å². The summed E-state index contributed by atoms with van der Waals surface area (Å²) in [5, 5.41) is 9.93. The third kappa shape index (κ3) is 4.16. The van der Waals surface area contributed by atoms with Gasteiger partial charge in [-0.15, -0.1) is 0 Å². The lowest BCUT2D eigenvalue weighted by Gasteiger charge is -2.33. The summed E-state index contributed by atoms with van der Waals surface area (Å²) in [6.07, 6.45) is 6.79. The zero-order valence-corrected chi connectivity index (χ0v) is 10.6. The largest absolute Gasteiger partial charge is 0.393 e. The molecule has 0 aromatic carbocycles. The predicted octanol–water partition coefficient (Wildman–Crippen LogP) is 4.10. The predicted molar refractivity (Wildman–Crippen MR) is 66.0 cm³/mol. The molecule has 0 spiro atoms. The second-order valence-corrected chi connectivity index (χ2v) is 5.17. The van der Waals surface area contributed by atoms with Gasteiger partial charge in [0.15, 0.2) is 0 Å². The molecule has 0 saturated heterocycles. The van der Waals surface area contributed by atoms with Crippen LogP contribution in [0.25, 0.3) is 0 Å². The monoisotopic (exact) mass is 230 g/mol. The highest BCUT2D eigenvalue weighted by Gasteiger charge is 2.28. The summed E-state index contributed by atoms with van der Waals surface area (Å²) in [6, 6.07) is 0. The van der Waals surface area contributed by atoms with Crippen LogP contribution in [0.2, 0.25) is 0 Å². The molecular weight excluding hydrogens is 208 g/mol. The van der Waals surface area contributed by atoms with Gasteiger partial charge in [-0.2, -0.15) is 0 Å². The molecule has 2 heteroatoms. The van der Waals surface area contributed by atoms with Crippen molar-refractivity contribution in [2.75, 3.05) is 0 Å². The minimum Gasteiger partial charge on any atom is -0.393 e. The summed E-state index contributed by atoms with van der Waals surface area (Å²) in [6.45, 7) is 4.28. The molecule has 88 valence electrons. The van der Waals surface area contributed by atoms with Crippen LogP contribution in [0.4, 0.5) is 0 Å². The van der Waals surface area contributed by atoms with E-state index in [1.54, 1.807) is 5.54 Å². The average Bonchev–Trinajstić information content (AvgIpc) is 2.23. The maximum atomic E-state index is 9.93. The van der Waals surface area contributed by atoms with Gasteiger partial charge in [-0.1, -0.05) is 36.9 Å². The zero-order chi connectivity index (χ0) is 11.3. The van der Waals surface area contributed by atoms with Gasteiger partial charge in [-0.3, -0.25) is 0 Å². The molecule has 1 nitrogen and oxygen atoms in total. The van der Waals surface area contributed by atoms with E-state index in [9.17, 15) is 5.11 Å². The lowest BCUT2D eigenvalue weighted by molar-refractivity contribution is 0.0463. The van der Waals surface area contributed by atoms with Gasteiger partial charge in [0.1, 0.15) is 0 Å². The second-order valence-electron chi connectivity index (χ2n) is 4.95. The molecular formula is C13H23ClO. The van der Waals surface area contributed by atoms with Crippen LogP contribution >= 0.6 is 11.6 Å². The number of aliphatic hydroxyl groups is 1. The quantitative estimate of drug-likeness (QED) is 0.771. The van der Waals surface area contributed by atoms with E-state index in [1.165, 1.54) is 31.3 Å². The number of allylic oxidation sites excluding steroid dienone is 1. The fourth-order valence-corrected chi connectivity index (χ4v) is 2.78. The van der Waals surface area contributed by atoms with Crippen LogP contribution in [0.3, 0.4) is 0 Å². The van der Waals surface area contributed by atoms with Gasteiger partial charge in [0.25, 0.3) is 0 Å². The Morgan fingerprint density at radius 2 is 2.20 bits per heavy atom. The summed E-state index contributed by atoms with van der Waals surface area (Å²) in [7, 11) is 0. The highest BCUT2D eigenvalue weighted by molar-refractivity contribution is 6.25. The molecule has 1 N–H and O–H groups in total. The lowest BCUT2D eigenvalue weighted by atomic mass is 9.75. The first-order valence-corrected chi connectivity index (χ1v) is 6.55. The zero-order valence-electron chi connectivity index (χ0n) is 9.88. The maximum absolute atomic E-state index is 9.93. The molecule has 1 aliphatic rings. The summed E-state index contributed by atoms with van der Waals surface area (Å²) in [5.41, 5.74) is 2.84. The van der Waals surface area contributed by atoms with E-state index in [0.29, 0.717) is 5.92 Å². The highest BCUT2D eigenvalue weighted by Crippen LogP contribution is 2.35. The standard InChI is InChI=1S/C13H23ClO/c1-3-4-11-5-6-13(15)12(8-11)7-10(2)9-14/h9,11-13,15H,3-8H2,1-2H3. The van der Waals surface area contributed by atoms with E-state index >= 15 is 0 Å². The molecule has 0 radical (unpaired) electrons. The number of aliphatic hydroxyl groups excluding tert-OH is 1. The molecule has 0 bridgehead atoms. The lowest BCUT2D eigenvalue weighted by Crippen LogP contribution is -2.29. The Morgan fingerprint density at radius 3 is 2.80 bits per heavy atom. The van der Waals surface area contributed by atoms with Gasteiger partial charge >= 0.3 is 0 Å². The van der Waals surface area contributed by atoms with E-state index in [4.69, 9.17) is 11.6 Å². The van der Waals surface area contributed by atoms with E-state index < -0.39 is 0 Å². The van der Waals surface area contributed by atoms with Gasteiger partial charge in [0.2, 0.25) is 0 Å². The second kappa shape index (κ2) is 6.55. The van der Waals surface area contributed by atoms with Crippen molar-refractivity contribution in [3.05, 3.63) is 11.1 Å². The summed E-state index contributed by atoms with van der Waals surface area (Å²) in [4.78, 5) is 0. The van der Waals surface area contributed by atoms with Crippen molar-refractivity contribution in [1.82, 2.24) is 0 Å². The molecule has 1 saturated carbocycles. The maximum Gasteiger partial charge on any atom is 0.0571 e. The first-order chi connectivity index (χ1) is 7.17. The summed E-state index contributed by atoms with van der Waals surface area (Å²) in [5.74, 6) is 1.26. The van der Waals surface area contributed by atoms with E-state index in [2.05, 4.69) is 6.92 Å². The molecule has 0 amide bonds. The van der Waals surface area contributed by atoms with Crippen molar-refractivity contribution in [2.45, 2.75) is 58.5 Å². The third-order valence-electron chi connectivity index (χ3n) is 3.52. The van der Waals surface area contributed by atoms with Crippen molar-refractivity contribution >= 4 is 11.6 Å². The first kappa shape index (κ1) is 13.1. The smallest absolute Gasteiger partial charge is 0.0571 e. The normalized spacial score (nSPS) is 33.1. The van der Waals surface area contributed by atoms with Crippen molar-refractivity contribution in [3.8, 4) is 0 Å². The van der Waals surface area contributed by atoms with Crippen LogP contribution in [-0.4, -0.2) is 11.2 Å². The molecule has 3 atom stereocenters. The number of hydrogen-bond donors (Lipinski definition) is 1. The number of hydrogen-bond acceptors (Lipinski definition) is 1. The van der Waals surface area contributed by atoms with E-state index in [0.717, 1.165) is 18.8 Å². The van der Waals surface area contributed by atoms with E-state index in [1.807, 2.05) is 6.92 Å². The van der Waals surface area contributed by atoms with Gasteiger partial charge in [0.05, 0.1) is 6.10 Å². The SMILES string of the molecule is CCCC1CCC(O)C(CC(C)=CCl)C1. The van der Waals surface area contributed by atoms with Gasteiger partial charge in [-0.05, 0) is 44.4 Å². The minimum absolute atomic E-state index is 0.107. The Morgan fingerprint density at radius 1 is 1.47 bits per heavy atom. The molecule has 0 heterocycles. The summed E-state index contributed by atoms with van der Waals surface area (Å²) >= 11 is 5.67. The van der Waals surface area contributed by atoms with Gasteiger partial charge in [0, 0.05) is 5.54 Å². The fourth-order valence-electron chi connectivity index (χ4n) is 2.69. The highest BCUT2D eigenvalue weighted by atomic mass is 35.5. The van der Waals surface area contributed by atoms with Crippen LogP contribution < -0.4 is 0 Å². The Balaban J connectivity index is 2.46. The Kier molecular flexibility index (Phi) is 5.70. The molecule has 1 fully saturated rings. The Labute approximate surface area is 98.5 Å². The molecule has 0 aromatic heterocycles. The molecule has 3 unspecified atom stereocenters. The number of rotatable bonds is 4. The Hall–Kier alpha value is -0.0100. The number of halogens is 1. The first-order valence-electron chi connectivity index (χ1n) is 6.11. The van der Waals surface area contributed by atoms with Crippen molar-refractivity contribution in [3.63, 3.8) is 0 Å². The molecule has 0 aliphatic heterocycles. The average molecular weight is 231 g/mol. The van der Waals surface area contributed by atoms with Crippen molar-refractivity contribution < 1.29 is 5.11 Å². The molecule has 0 aromatic rings. The minimum atomic E-state index is -0.107. The summed E-state index contributed by atoms with van der Waals surface area (Å²) < 4.78 is 0. The van der Waals surface area contributed by atoms with Crippen LogP contribution in [0, 0.1) is 11.8 Å². The van der Waals surface area contributed by atoms with Crippen molar-refractivity contribution in [2.24, 2.45) is 11.8 Å². The van der Waals surface area contributed by atoms with Crippen LogP contribution in [0.5, 0.6) is 0 Å². The topological polar surface area (TPSA) is 20.2 Å². The van der Waals surface area contributed by atoms with Crippen LogP contribution in [0.1, 0.15) is 52.4 Å². The van der Waals surface area contributed by atoms with Crippen LogP contribution in [0.15, 0.2) is 11.1 Å². The third-order valence-corrected chi connectivity index (χ3v) is 3.89. The fraction of sp³-hybridized carbons (Fsp3) is 0.846. The van der Waals surface area contributed by atoms with Crippen molar-refractivity contribution in [1.29, 1.82) is 0 Å². The molecule has 1 aliphatic carbocycles. The van der Waals surface area contributed by atoms with Gasteiger partial charge < -0.3 is 5.11 Å². The van der Waals surface area contributed by atoms with Crippen LogP contribution in [-0.2, 0) is 0 Å². The van der Waals surface area contributed by atoms with E-state index in [-0.39, 0.29) is 6.10 Å².